The van der Waals surface area contributed by atoms with Crippen LogP contribution in [0.4, 0.5) is 10.5 Å². The van der Waals surface area contributed by atoms with Crippen LogP contribution >= 0.6 is 0 Å². The summed E-state index contributed by atoms with van der Waals surface area (Å²) in [7, 11) is 1.85. The zero-order valence-electron chi connectivity index (χ0n) is 28.9. The number of carboxylic acid groups (broad SMARTS) is 1. The van der Waals surface area contributed by atoms with Crippen molar-refractivity contribution < 1.29 is 29.4 Å². The highest BCUT2D eigenvalue weighted by atomic mass is 16.4. The van der Waals surface area contributed by atoms with Crippen molar-refractivity contribution in [3.05, 3.63) is 58.7 Å². The van der Waals surface area contributed by atoms with Gasteiger partial charge in [0.1, 0.15) is 11.8 Å². The molecule has 0 radical (unpaired) electrons. The van der Waals surface area contributed by atoms with E-state index in [0.717, 1.165) is 47.3 Å². The number of benzene rings is 2. The highest BCUT2D eigenvalue weighted by molar-refractivity contribution is 5.92. The maximum atomic E-state index is 14.2. The third kappa shape index (κ3) is 7.70. The summed E-state index contributed by atoms with van der Waals surface area (Å²) >= 11 is 0. The number of anilines is 1. The smallest absolute Gasteiger partial charge is 0.322 e. The number of aromatic hydroxyl groups is 1. The molecular weight excluding hydrogens is 624 g/mol. The Morgan fingerprint density at radius 1 is 0.898 bits per heavy atom. The molecule has 264 valence electrons. The molecule has 4 heterocycles. The number of hydrogen-bond acceptors (Lipinski definition) is 7. The first kappa shape index (κ1) is 34.7. The van der Waals surface area contributed by atoms with Gasteiger partial charge in [0.05, 0.1) is 5.92 Å². The normalized spacial score (nSPS) is 22.1. The van der Waals surface area contributed by atoms with Gasteiger partial charge >= 0.3 is 12.0 Å². The molecule has 0 aliphatic carbocycles. The number of aliphatic carboxylic acids is 1. The Balaban J connectivity index is 1.09. The monoisotopic (exact) mass is 674 g/mol. The van der Waals surface area contributed by atoms with Crippen molar-refractivity contribution in [2.24, 2.45) is 5.92 Å². The van der Waals surface area contributed by atoms with Crippen LogP contribution in [0.1, 0.15) is 54.4 Å². The molecule has 2 aromatic carbocycles. The van der Waals surface area contributed by atoms with E-state index in [1.807, 2.05) is 76.9 Å². The van der Waals surface area contributed by atoms with E-state index in [2.05, 4.69) is 10.2 Å². The van der Waals surface area contributed by atoms with Crippen molar-refractivity contribution in [3.63, 3.8) is 0 Å². The number of phenols is 1. The van der Waals surface area contributed by atoms with Gasteiger partial charge in [0.25, 0.3) is 0 Å². The molecule has 6 rings (SSSR count). The van der Waals surface area contributed by atoms with Gasteiger partial charge in [-0.3, -0.25) is 24.2 Å². The van der Waals surface area contributed by atoms with Gasteiger partial charge < -0.3 is 30.2 Å². The number of piperidine rings is 2. The lowest BCUT2D eigenvalue weighted by Crippen LogP contribution is -2.59. The molecule has 3 N–H and O–H groups in total. The fourth-order valence-corrected chi connectivity index (χ4v) is 8.18. The average Bonchev–Trinajstić information content (AvgIpc) is 3.10. The van der Waals surface area contributed by atoms with Crippen LogP contribution in [0.25, 0.3) is 0 Å². The maximum Gasteiger partial charge on any atom is 0.322 e. The van der Waals surface area contributed by atoms with Gasteiger partial charge in [-0.1, -0.05) is 30.3 Å². The molecule has 4 aliphatic heterocycles. The SMILES string of the molecule is Cc1cc(CC(CC(=O)N2CCC(N3Cc4ccccc4NC3=O)CC2)C(=O)N2CCC(N3CCN(C)C(C(=O)O)C3)CC2)cc(C)c1O. The van der Waals surface area contributed by atoms with Crippen molar-refractivity contribution in [2.45, 2.75) is 77.0 Å². The third-order valence-corrected chi connectivity index (χ3v) is 11.2. The predicted molar refractivity (Wildman–Crippen MR) is 185 cm³/mol. The number of nitrogens with zero attached hydrogens (tertiary/aromatic N) is 5. The Morgan fingerprint density at radius 3 is 2.20 bits per heavy atom. The highest BCUT2D eigenvalue weighted by Gasteiger charge is 2.38. The minimum Gasteiger partial charge on any atom is -0.507 e. The summed E-state index contributed by atoms with van der Waals surface area (Å²) in [6, 6.07) is 11.2. The van der Waals surface area contributed by atoms with E-state index in [1.165, 1.54) is 0 Å². The first-order chi connectivity index (χ1) is 23.5. The summed E-state index contributed by atoms with van der Waals surface area (Å²) in [5.74, 6) is -1.19. The first-order valence-corrected chi connectivity index (χ1v) is 17.7. The van der Waals surface area contributed by atoms with Crippen LogP contribution in [0, 0.1) is 19.8 Å². The fraction of sp³-hybridized carbons (Fsp3) is 0.568. The zero-order chi connectivity index (χ0) is 34.8. The number of aryl methyl sites for hydroxylation is 2. The number of likely N-dealkylation sites (tertiary alicyclic amines) is 2. The van der Waals surface area contributed by atoms with Crippen molar-refractivity contribution >= 4 is 29.5 Å². The van der Waals surface area contributed by atoms with Gasteiger partial charge in [0, 0.05) is 76.5 Å². The molecule has 2 atom stereocenters. The predicted octanol–water partition coefficient (Wildman–Crippen LogP) is 3.29. The topological polar surface area (TPSA) is 137 Å². The molecule has 2 unspecified atom stereocenters. The number of amides is 4. The van der Waals surface area contributed by atoms with E-state index in [-0.39, 0.29) is 42.1 Å². The summed E-state index contributed by atoms with van der Waals surface area (Å²) in [6.07, 6.45) is 3.38. The number of urea groups is 1. The van der Waals surface area contributed by atoms with Crippen LogP contribution in [-0.2, 0) is 27.3 Å². The van der Waals surface area contributed by atoms with Crippen LogP contribution in [0.2, 0.25) is 0 Å². The number of phenolic OH excluding ortho intramolecular Hbond substituents is 1. The number of para-hydroxylation sites is 1. The van der Waals surface area contributed by atoms with Crippen molar-refractivity contribution in [3.8, 4) is 5.75 Å². The van der Waals surface area contributed by atoms with Gasteiger partial charge in [0.15, 0.2) is 0 Å². The second-order valence-electron chi connectivity index (χ2n) is 14.4. The molecule has 0 saturated carbocycles. The molecule has 4 aliphatic rings. The van der Waals surface area contributed by atoms with Gasteiger partial charge in [-0.2, -0.15) is 0 Å². The Labute approximate surface area is 288 Å². The Bertz CT molecular complexity index is 1540. The van der Waals surface area contributed by atoms with Gasteiger partial charge in [0.2, 0.25) is 11.8 Å². The molecule has 49 heavy (non-hydrogen) atoms. The number of carbonyl (C=O) groups is 4. The molecular formula is C37H50N6O6. The van der Waals surface area contributed by atoms with E-state index >= 15 is 0 Å². The Hall–Kier alpha value is -4.16. The number of piperazine rings is 1. The molecule has 3 saturated heterocycles. The Morgan fingerprint density at radius 2 is 1.53 bits per heavy atom. The number of hydrogen-bond donors (Lipinski definition) is 3. The van der Waals surface area contributed by atoms with E-state index in [0.29, 0.717) is 65.1 Å². The molecule has 4 amide bonds. The molecule has 3 fully saturated rings. The second-order valence-corrected chi connectivity index (χ2v) is 14.4. The minimum absolute atomic E-state index is 0.0319. The number of likely N-dealkylation sites (N-methyl/N-ethyl adjacent to an activating group) is 1. The molecule has 0 aromatic heterocycles. The fourth-order valence-electron chi connectivity index (χ4n) is 8.18. The zero-order valence-corrected chi connectivity index (χ0v) is 28.9. The molecule has 12 nitrogen and oxygen atoms in total. The summed E-state index contributed by atoms with van der Waals surface area (Å²) in [5, 5.41) is 23.0. The van der Waals surface area contributed by atoms with E-state index in [9.17, 15) is 29.4 Å². The van der Waals surface area contributed by atoms with Gasteiger partial charge in [-0.15, -0.1) is 0 Å². The van der Waals surface area contributed by atoms with Crippen LogP contribution in [-0.4, -0.2) is 130 Å². The number of nitrogens with one attached hydrogen (secondary N) is 1. The number of rotatable bonds is 8. The second kappa shape index (κ2) is 14.8. The molecule has 12 heteroatoms. The van der Waals surface area contributed by atoms with Gasteiger partial charge in [-0.25, -0.2) is 4.79 Å². The Kier molecular flexibility index (Phi) is 10.4. The van der Waals surface area contributed by atoms with E-state index in [1.54, 1.807) is 0 Å². The maximum absolute atomic E-state index is 14.2. The van der Waals surface area contributed by atoms with E-state index in [4.69, 9.17) is 0 Å². The highest BCUT2D eigenvalue weighted by Crippen LogP contribution is 2.30. The largest absolute Gasteiger partial charge is 0.507 e. The molecule has 0 spiro atoms. The van der Waals surface area contributed by atoms with Crippen molar-refractivity contribution in [1.82, 2.24) is 24.5 Å². The summed E-state index contributed by atoms with van der Waals surface area (Å²) in [4.78, 5) is 62.4. The van der Waals surface area contributed by atoms with Gasteiger partial charge in [-0.05, 0) is 81.3 Å². The lowest BCUT2D eigenvalue weighted by molar-refractivity contribution is -0.146. The van der Waals surface area contributed by atoms with Crippen LogP contribution in [0.15, 0.2) is 36.4 Å². The van der Waals surface area contributed by atoms with Crippen LogP contribution in [0.5, 0.6) is 5.75 Å². The lowest BCUT2D eigenvalue weighted by Gasteiger charge is -2.44. The summed E-state index contributed by atoms with van der Waals surface area (Å²) in [5.41, 5.74) is 4.33. The van der Waals surface area contributed by atoms with E-state index < -0.39 is 17.9 Å². The quantitative estimate of drug-likeness (QED) is 0.388. The first-order valence-electron chi connectivity index (χ1n) is 17.7. The average molecular weight is 675 g/mol. The van der Waals surface area contributed by atoms with Crippen LogP contribution in [0.3, 0.4) is 0 Å². The number of fused-ring (bicyclic) bond motifs is 1. The number of carboxylic acids is 1. The summed E-state index contributed by atoms with van der Waals surface area (Å²) in [6.45, 7) is 8.42. The lowest BCUT2D eigenvalue weighted by atomic mass is 9.90. The van der Waals surface area contributed by atoms with Crippen molar-refractivity contribution in [1.29, 1.82) is 0 Å². The molecule has 2 aromatic rings. The number of carbonyl (C=O) groups excluding carboxylic acids is 3. The van der Waals surface area contributed by atoms with Crippen molar-refractivity contribution in [2.75, 3.05) is 58.2 Å². The standard InChI is InChI=1S/C37H50N6O6/c1-24-18-26(19-25(2)34(24)45)20-28(35(46)41-14-8-29(9-15-41)42-17-16-39(3)32(23-42)36(47)48)21-33(44)40-12-10-30(11-13-40)43-22-27-6-4-5-7-31(27)38-37(43)49/h4-7,18-19,28-30,32,45H,8-17,20-23H2,1-3H3,(H,38,49)(H,47,48). The van der Waals surface area contributed by atoms with Crippen LogP contribution < -0.4 is 5.32 Å². The minimum atomic E-state index is -0.806. The summed E-state index contributed by atoms with van der Waals surface area (Å²) < 4.78 is 0. The third-order valence-electron chi connectivity index (χ3n) is 11.2. The molecule has 0 bridgehead atoms.